The second-order valence-corrected chi connectivity index (χ2v) is 6.87. The fourth-order valence-corrected chi connectivity index (χ4v) is 3.90. The van der Waals surface area contributed by atoms with Gasteiger partial charge in [0, 0.05) is 5.69 Å². The molecule has 0 aliphatic carbocycles. The topological polar surface area (TPSA) is 85.4 Å². The molecular formula is C13H14N2O4S2. The van der Waals surface area contributed by atoms with Crippen LogP contribution in [0.2, 0.25) is 0 Å². The fraction of sp³-hybridized carbons (Fsp3) is 0.231. The van der Waals surface area contributed by atoms with E-state index in [9.17, 15) is 13.2 Å². The summed E-state index contributed by atoms with van der Waals surface area (Å²) in [5.41, 5.74) is 2.54. The summed E-state index contributed by atoms with van der Waals surface area (Å²) < 4.78 is 31.5. The quantitative estimate of drug-likeness (QED) is 0.852. The highest BCUT2D eigenvalue weighted by Crippen LogP contribution is 2.24. The van der Waals surface area contributed by atoms with Gasteiger partial charge in [0.2, 0.25) is 0 Å². The van der Waals surface area contributed by atoms with Crippen molar-refractivity contribution >= 4 is 33.0 Å². The molecule has 0 aliphatic heterocycles. The molecule has 0 saturated carbocycles. The molecule has 0 spiro atoms. The van der Waals surface area contributed by atoms with E-state index < -0.39 is 16.0 Å². The average molecular weight is 326 g/mol. The number of nitrogens with one attached hydrogen (secondary N) is 1. The number of sulfonamides is 1. The van der Waals surface area contributed by atoms with E-state index in [1.165, 1.54) is 12.6 Å². The predicted molar refractivity (Wildman–Crippen MR) is 80.1 cm³/mol. The van der Waals surface area contributed by atoms with Gasteiger partial charge >= 0.3 is 5.97 Å². The summed E-state index contributed by atoms with van der Waals surface area (Å²) >= 11 is 0.867. The number of thiazole rings is 1. The number of nitrogens with zero attached hydrogens (tertiary/aromatic N) is 1. The lowest BCUT2D eigenvalue weighted by molar-refractivity contribution is 0.0590. The summed E-state index contributed by atoms with van der Waals surface area (Å²) in [6, 6.07) is 7.07. The minimum Gasteiger partial charge on any atom is -0.464 e. The van der Waals surface area contributed by atoms with Gasteiger partial charge in [-0.05, 0) is 24.1 Å². The van der Waals surface area contributed by atoms with Crippen molar-refractivity contribution in [1.29, 1.82) is 0 Å². The van der Waals surface area contributed by atoms with Crippen molar-refractivity contribution in [3.63, 3.8) is 0 Å². The molecule has 0 fully saturated rings. The van der Waals surface area contributed by atoms with E-state index in [4.69, 9.17) is 0 Å². The highest BCUT2D eigenvalue weighted by molar-refractivity contribution is 7.94. The Labute approximate surface area is 126 Å². The van der Waals surface area contributed by atoms with Gasteiger partial charge in [0.25, 0.3) is 10.0 Å². The molecule has 0 atom stereocenters. The van der Waals surface area contributed by atoms with Crippen LogP contribution in [0.1, 0.15) is 23.0 Å². The Hall–Kier alpha value is -1.93. The van der Waals surface area contributed by atoms with Crippen LogP contribution < -0.4 is 4.72 Å². The summed E-state index contributed by atoms with van der Waals surface area (Å²) in [5, 5.41) is 0. The van der Waals surface area contributed by atoms with Gasteiger partial charge in [-0.15, -0.1) is 11.3 Å². The SMILES string of the molecule is CCc1cccc(NS(=O)(=O)c2scnc2C(=O)OC)c1. The molecule has 112 valence electrons. The Balaban J connectivity index is 2.34. The van der Waals surface area contributed by atoms with Crippen LogP contribution in [0.15, 0.2) is 34.0 Å². The molecule has 0 aliphatic rings. The van der Waals surface area contributed by atoms with E-state index in [-0.39, 0.29) is 9.90 Å². The van der Waals surface area contributed by atoms with E-state index in [0.29, 0.717) is 5.69 Å². The van der Waals surface area contributed by atoms with Gasteiger partial charge in [-0.25, -0.2) is 18.2 Å². The molecule has 1 heterocycles. The van der Waals surface area contributed by atoms with Crippen molar-refractivity contribution in [3.8, 4) is 0 Å². The Morgan fingerprint density at radius 3 is 2.86 bits per heavy atom. The molecule has 0 amide bonds. The van der Waals surface area contributed by atoms with Gasteiger partial charge in [-0.2, -0.15) is 0 Å². The molecule has 0 unspecified atom stereocenters. The monoisotopic (exact) mass is 326 g/mol. The van der Waals surface area contributed by atoms with Gasteiger partial charge < -0.3 is 4.74 Å². The first kappa shape index (κ1) is 15.5. The second kappa shape index (κ2) is 6.23. The van der Waals surface area contributed by atoms with Gasteiger partial charge in [-0.3, -0.25) is 4.72 Å². The Bertz CT molecular complexity index is 753. The lowest BCUT2D eigenvalue weighted by Gasteiger charge is -2.08. The molecule has 1 N–H and O–H groups in total. The zero-order chi connectivity index (χ0) is 15.5. The number of esters is 1. The molecule has 1 aromatic heterocycles. The summed E-state index contributed by atoms with van der Waals surface area (Å²) in [6.07, 6.45) is 0.795. The van der Waals surface area contributed by atoms with Crippen molar-refractivity contribution in [2.45, 2.75) is 17.6 Å². The van der Waals surface area contributed by atoms with Gasteiger partial charge in [0.1, 0.15) is 0 Å². The third-order valence-corrected chi connectivity index (χ3v) is 5.50. The van der Waals surface area contributed by atoms with Crippen LogP contribution in [0.4, 0.5) is 5.69 Å². The van der Waals surface area contributed by atoms with Crippen molar-refractivity contribution in [3.05, 3.63) is 41.0 Å². The van der Waals surface area contributed by atoms with Crippen LogP contribution in [-0.4, -0.2) is 26.5 Å². The number of rotatable bonds is 5. The number of ether oxygens (including phenoxy) is 1. The normalized spacial score (nSPS) is 11.1. The summed E-state index contributed by atoms with van der Waals surface area (Å²) in [7, 11) is -2.70. The molecule has 0 radical (unpaired) electrons. The molecule has 8 heteroatoms. The van der Waals surface area contributed by atoms with Crippen LogP contribution in [0.5, 0.6) is 0 Å². The van der Waals surface area contributed by atoms with E-state index in [2.05, 4.69) is 14.4 Å². The molecule has 2 aromatic rings. The molecule has 2 rings (SSSR count). The van der Waals surface area contributed by atoms with Gasteiger partial charge in [0.05, 0.1) is 12.6 Å². The van der Waals surface area contributed by atoms with Crippen LogP contribution in [-0.2, 0) is 21.2 Å². The number of methoxy groups -OCH3 is 1. The number of benzene rings is 1. The van der Waals surface area contributed by atoms with Crippen LogP contribution >= 0.6 is 11.3 Å². The van der Waals surface area contributed by atoms with Gasteiger partial charge in [0.15, 0.2) is 9.90 Å². The fourth-order valence-electron chi connectivity index (χ4n) is 1.72. The zero-order valence-electron chi connectivity index (χ0n) is 11.5. The van der Waals surface area contributed by atoms with Crippen molar-refractivity contribution < 1.29 is 17.9 Å². The maximum atomic E-state index is 12.4. The number of aromatic nitrogens is 1. The van der Waals surface area contributed by atoms with Crippen molar-refractivity contribution in [2.24, 2.45) is 0 Å². The second-order valence-electron chi connectivity index (χ2n) is 4.14. The van der Waals surface area contributed by atoms with Gasteiger partial charge in [-0.1, -0.05) is 19.1 Å². The van der Waals surface area contributed by atoms with Crippen LogP contribution in [0.3, 0.4) is 0 Å². The smallest absolute Gasteiger partial charge is 0.358 e. The lowest BCUT2D eigenvalue weighted by atomic mass is 10.1. The molecule has 0 saturated heterocycles. The maximum absolute atomic E-state index is 12.4. The standard InChI is InChI=1S/C13H14N2O4S2/c1-3-9-5-4-6-10(7-9)15-21(17,18)13-11(12(16)19-2)14-8-20-13/h4-8,15H,3H2,1-2H3. The predicted octanol–water partition coefficient (Wildman–Crippen LogP) is 2.29. The lowest BCUT2D eigenvalue weighted by Crippen LogP contribution is -2.16. The minimum atomic E-state index is -3.88. The Morgan fingerprint density at radius 1 is 1.43 bits per heavy atom. The zero-order valence-corrected chi connectivity index (χ0v) is 13.1. The van der Waals surface area contributed by atoms with E-state index >= 15 is 0 Å². The maximum Gasteiger partial charge on any atom is 0.358 e. The van der Waals surface area contributed by atoms with Crippen LogP contribution in [0, 0.1) is 0 Å². The molecule has 21 heavy (non-hydrogen) atoms. The number of carbonyl (C=O) groups excluding carboxylic acids is 1. The molecule has 1 aromatic carbocycles. The number of aryl methyl sites for hydroxylation is 1. The first-order chi connectivity index (χ1) is 9.97. The number of hydrogen-bond donors (Lipinski definition) is 1. The molecular weight excluding hydrogens is 312 g/mol. The Morgan fingerprint density at radius 2 is 2.19 bits per heavy atom. The third-order valence-electron chi connectivity index (χ3n) is 2.75. The Kier molecular flexibility index (Phi) is 4.59. The van der Waals surface area contributed by atoms with Crippen LogP contribution in [0.25, 0.3) is 0 Å². The first-order valence-electron chi connectivity index (χ1n) is 6.11. The summed E-state index contributed by atoms with van der Waals surface area (Å²) in [6.45, 7) is 1.98. The first-order valence-corrected chi connectivity index (χ1v) is 8.47. The van der Waals surface area contributed by atoms with E-state index in [0.717, 1.165) is 23.3 Å². The minimum absolute atomic E-state index is 0.156. The van der Waals surface area contributed by atoms with Crippen molar-refractivity contribution in [2.75, 3.05) is 11.8 Å². The number of carbonyl (C=O) groups is 1. The third kappa shape index (κ3) is 3.40. The highest BCUT2D eigenvalue weighted by atomic mass is 32.2. The van der Waals surface area contributed by atoms with E-state index in [1.54, 1.807) is 18.2 Å². The average Bonchev–Trinajstić information content (AvgIpc) is 2.96. The summed E-state index contributed by atoms with van der Waals surface area (Å²) in [4.78, 5) is 15.3. The van der Waals surface area contributed by atoms with Crippen molar-refractivity contribution in [1.82, 2.24) is 4.98 Å². The number of anilines is 1. The van der Waals surface area contributed by atoms with E-state index in [1.807, 2.05) is 13.0 Å². The summed E-state index contributed by atoms with van der Waals surface area (Å²) in [5.74, 6) is -0.779. The number of hydrogen-bond acceptors (Lipinski definition) is 6. The molecule has 6 nitrogen and oxygen atoms in total. The largest absolute Gasteiger partial charge is 0.464 e. The highest BCUT2D eigenvalue weighted by Gasteiger charge is 2.26. The molecule has 0 bridgehead atoms.